The lowest BCUT2D eigenvalue weighted by molar-refractivity contribution is -0.124. The number of nitrogens with one attached hydrogen (secondary N) is 1. The number of amides is 1. The van der Waals surface area contributed by atoms with Gasteiger partial charge in [-0.2, -0.15) is 0 Å². The highest BCUT2D eigenvalue weighted by atomic mass is 19.1. The van der Waals surface area contributed by atoms with Gasteiger partial charge in [-0.3, -0.25) is 9.69 Å². The van der Waals surface area contributed by atoms with Crippen LogP contribution in [0.15, 0.2) is 24.3 Å². The average Bonchev–Trinajstić information content (AvgIpc) is 2.38. The van der Waals surface area contributed by atoms with E-state index in [1.165, 1.54) is 6.07 Å². The molecule has 1 atom stereocenters. The molecule has 1 heterocycles. The molecule has 0 spiro atoms. The van der Waals surface area contributed by atoms with Crippen LogP contribution in [0.1, 0.15) is 12.5 Å². The first-order chi connectivity index (χ1) is 9.15. The van der Waals surface area contributed by atoms with Gasteiger partial charge >= 0.3 is 0 Å². The van der Waals surface area contributed by atoms with Crippen molar-refractivity contribution >= 4 is 5.91 Å². The number of rotatable bonds is 4. The Labute approximate surface area is 112 Å². The van der Waals surface area contributed by atoms with Gasteiger partial charge in [-0.1, -0.05) is 18.2 Å². The number of hydrogen-bond acceptors (Lipinski definition) is 3. The lowest BCUT2D eigenvalue weighted by Crippen LogP contribution is -2.45. The third-order valence-corrected chi connectivity index (χ3v) is 3.13. The topological polar surface area (TPSA) is 41.6 Å². The maximum atomic E-state index is 13.4. The SMILES string of the molecule is CC1CN(CC(=O)NCc2ccccc2F)CCO1. The smallest absolute Gasteiger partial charge is 0.234 e. The van der Waals surface area contributed by atoms with Gasteiger partial charge in [0.05, 0.1) is 19.3 Å². The van der Waals surface area contributed by atoms with E-state index in [0.29, 0.717) is 18.7 Å². The normalized spacial score (nSPS) is 20.2. The Balaban J connectivity index is 1.77. The highest BCUT2D eigenvalue weighted by molar-refractivity contribution is 5.78. The van der Waals surface area contributed by atoms with Gasteiger partial charge in [0.25, 0.3) is 0 Å². The van der Waals surface area contributed by atoms with Gasteiger partial charge in [0.1, 0.15) is 5.82 Å². The van der Waals surface area contributed by atoms with Gasteiger partial charge in [0.15, 0.2) is 0 Å². The largest absolute Gasteiger partial charge is 0.376 e. The highest BCUT2D eigenvalue weighted by Gasteiger charge is 2.18. The Kier molecular flexibility index (Phi) is 4.87. The average molecular weight is 266 g/mol. The number of carbonyl (C=O) groups is 1. The monoisotopic (exact) mass is 266 g/mol. The molecule has 1 fully saturated rings. The van der Waals surface area contributed by atoms with E-state index in [4.69, 9.17) is 4.74 Å². The minimum Gasteiger partial charge on any atom is -0.376 e. The number of halogens is 1. The first-order valence-corrected chi connectivity index (χ1v) is 6.49. The summed E-state index contributed by atoms with van der Waals surface area (Å²) in [5.41, 5.74) is 0.506. The van der Waals surface area contributed by atoms with Crippen molar-refractivity contribution in [1.29, 1.82) is 0 Å². The Bertz CT molecular complexity index is 439. The molecular weight excluding hydrogens is 247 g/mol. The van der Waals surface area contributed by atoms with E-state index in [9.17, 15) is 9.18 Å². The van der Waals surface area contributed by atoms with E-state index in [2.05, 4.69) is 5.32 Å². The first-order valence-electron chi connectivity index (χ1n) is 6.49. The zero-order valence-corrected chi connectivity index (χ0v) is 11.1. The van der Waals surface area contributed by atoms with Crippen molar-refractivity contribution in [3.05, 3.63) is 35.6 Å². The quantitative estimate of drug-likeness (QED) is 0.889. The van der Waals surface area contributed by atoms with Crippen LogP contribution in [0.4, 0.5) is 4.39 Å². The van der Waals surface area contributed by atoms with E-state index in [1.807, 2.05) is 11.8 Å². The summed E-state index contributed by atoms with van der Waals surface area (Å²) in [7, 11) is 0. The number of morpholine rings is 1. The minimum atomic E-state index is -0.289. The molecule has 1 amide bonds. The molecule has 1 saturated heterocycles. The fraction of sp³-hybridized carbons (Fsp3) is 0.500. The molecule has 19 heavy (non-hydrogen) atoms. The van der Waals surface area contributed by atoms with E-state index in [1.54, 1.807) is 18.2 Å². The van der Waals surface area contributed by atoms with Crippen LogP contribution in [-0.4, -0.2) is 43.2 Å². The fourth-order valence-corrected chi connectivity index (χ4v) is 2.13. The lowest BCUT2D eigenvalue weighted by Gasteiger charge is -2.30. The van der Waals surface area contributed by atoms with Crippen LogP contribution in [0.2, 0.25) is 0 Å². The summed E-state index contributed by atoms with van der Waals surface area (Å²) in [5.74, 6) is -0.375. The summed E-state index contributed by atoms with van der Waals surface area (Å²) in [4.78, 5) is 13.8. The van der Waals surface area contributed by atoms with Crippen molar-refractivity contribution in [1.82, 2.24) is 10.2 Å². The summed E-state index contributed by atoms with van der Waals surface area (Å²) in [6.45, 7) is 4.73. The van der Waals surface area contributed by atoms with E-state index < -0.39 is 0 Å². The Morgan fingerprint density at radius 1 is 1.53 bits per heavy atom. The molecule has 5 heteroatoms. The number of hydrogen-bond donors (Lipinski definition) is 1. The summed E-state index contributed by atoms with van der Waals surface area (Å²) < 4.78 is 18.8. The van der Waals surface area contributed by atoms with Crippen molar-refractivity contribution < 1.29 is 13.9 Å². The van der Waals surface area contributed by atoms with E-state index in [0.717, 1.165) is 13.1 Å². The highest BCUT2D eigenvalue weighted by Crippen LogP contribution is 2.06. The molecule has 2 rings (SSSR count). The van der Waals surface area contributed by atoms with Crippen LogP contribution in [0.5, 0.6) is 0 Å². The second kappa shape index (κ2) is 6.63. The van der Waals surface area contributed by atoms with Crippen LogP contribution >= 0.6 is 0 Å². The number of benzene rings is 1. The molecule has 0 aromatic heterocycles. The Morgan fingerprint density at radius 3 is 3.05 bits per heavy atom. The molecule has 1 unspecified atom stereocenters. The third kappa shape index (κ3) is 4.29. The zero-order valence-electron chi connectivity index (χ0n) is 11.1. The van der Waals surface area contributed by atoms with Crippen molar-refractivity contribution in [2.45, 2.75) is 19.6 Å². The Morgan fingerprint density at radius 2 is 2.32 bits per heavy atom. The molecule has 0 bridgehead atoms. The summed E-state index contributed by atoms with van der Waals surface area (Å²) in [6, 6.07) is 6.46. The van der Waals surface area contributed by atoms with Crippen LogP contribution in [0.25, 0.3) is 0 Å². The fourth-order valence-electron chi connectivity index (χ4n) is 2.13. The molecule has 1 aliphatic heterocycles. The third-order valence-electron chi connectivity index (χ3n) is 3.13. The summed E-state index contributed by atoms with van der Waals surface area (Å²) in [5, 5.41) is 2.74. The second-order valence-corrected chi connectivity index (χ2v) is 4.78. The van der Waals surface area contributed by atoms with Gasteiger partial charge in [0.2, 0.25) is 5.91 Å². The maximum Gasteiger partial charge on any atom is 0.234 e. The first kappa shape index (κ1) is 14.0. The van der Waals surface area contributed by atoms with Crippen LogP contribution in [-0.2, 0) is 16.1 Å². The van der Waals surface area contributed by atoms with Crippen LogP contribution < -0.4 is 5.32 Å². The number of carbonyl (C=O) groups excluding carboxylic acids is 1. The van der Waals surface area contributed by atoms with E-state index in [-0.39, 0.29) is 24.4 Å². The van der Waals surface area contributed by atoms with Crippen LogP contribution in [0, 0.1) is 5.82 Å². The summed E-state index contributed by atoms with van der Waals surface area (Å²) in [6.07, 6.45) is 0.160. The molecule has 1 N–H and O–H groups in total. The minimum absolute atomic E-state index is 0.0858. The summed E-state index contributed by atoms with van der Waals surface area (Å²) >= 11 is 0. The van der Waals surface area contributed by atoms with Gasteiger partial charge in [-0.15, -0.1) is 0 Å². The van der Waals surface area contributed by atoms with Crippen LogP contribution in [0.3, 0.4) is 0 Å². The lowest BCUT2D eigenvalue weighted by atomic mass is 10.2. The van der Waals surface area contributed by atoms with Crippen molar-refractivity contribution in [2.75, 3.05) is 26.2 Å². The Hall–Kier alpha value is -1.46. The number of ether oxygens (including phenoxy) is 1. The van der Waals surface area contributed by atoms with Crippen molar-refractivity contribution in [2.24, 2.45) is 0 Å². The van der Waals surface area contributed by atoms with Crippen molar-refractivity contribution in [3.63, 3.8) is 0 Å². The molecule has 0 saturated carbocycles. The number of nitrogens with zero attached hydrogens (tertiary/aromatic N) is 1. The molecule has 1 aromatic rings. The molecule has 4 nitrogen and oxygen atoms in total. The molecule has 0 radical (unpaired) electrons. The standard InChI is InChI=1S/C14H19FN2O2/c1-11-9-17(6-7-19-11)10-14(18)16-8-12-4-2-3-5-13(12)15/h2-5,11H,6-10H2,1H3,(H,16,18). The van der Waals surface area contributed by atoms with Gasteiger partial charge in [-0.05, 0) is 13.0 Å². The predicted octanol–water partition coefficient (Wildman–Crippen LogP) is 1.16. The van der Waals surface area contributed by atoms with Gasteiger partial charge < -0.3 is 10.1 Å². The second-order valence-electron chi connectivity index (χ2n) is 4.78. The van der Waals surface area contributed by atoms with Crippen molar-refractivity contribution in [3.8, 4) is 0 Å². The van der Waals surface area contributed by atoms with E-state index >= 15 is 0 Å². The zero-order chi connectivity index (χ0) is 13.7. The molecule has 1 aliphatic rings. The molecule has 104 valence electrons. The molecule has 1 aromatic carbocycles. The maximum absolute atomic E-state index is 13.4. The van der Waals surface area contributed by atoms with Gasteiger partial charge in [0, 0.05) is 25.2 Å². The van der Waals surface area contributed by atoms with Gasteiger partial charge in [-0.25, -0.2) is 4.39 Å². The predicted molar refractivity (Wildman–Crippen MR) is 70.1 cm³/mol. The molecular formula is C14H19FN2O2. The molecule has 0 aliphatic carbocycles.